The van der Waals surface area contributed by atoms with Crippen LogP contribution in [0.3, 0.4) is 0 Å². The molecule has 0 atom stereocenters. The molecule has 0 aliphatic carbocycles. The topological polar surface area (TPSA) is 63.5 Å². The SMILES string of the molecule is CCNC(=NCCCCOCC)NCCn1cc(C)cn1. The average molecular weight is 295 g/mol. The van der Waals surface area contributed by atoms with Crippen molar-refractivity contribution < 1.29 is 4.74 Å². The number of hydrogen-bond acceptors (Lipinski definition) is 3. The number of aryl methyl sites for hydroxylation is 1. The van der Waals surface area contributed by atoms with E-state index in [0.29, 0.717) is 0 Å². The Morgan fingerprint density at radius 1 is 1.33 bits per heavy atom. The number of rotatable bonds is 10. The van der Waals surface area contributed by atoms with Crippen LogP contribution in [0.1, 0.15) is 32.3 Å². The number of guanidine groups is 1. The van der Waals surface area contributed by atoms with Gasteiger partial charge < -0.3 is 15.4 Å². The van der Waals surface area contributed by atoms with Crippen LogP contribution in [0.4, 0.5) is 0 Å². The molecule has 6 heteroatoms. The van der Waals surface area contributed by atoms with Gasteiger partial charge in [0, 0.05) is 39.0 Å². The molecule has 0 bridgehead atoms. The van der Waals surface area contributed by atoms with Crippen LogP contribution in [0.25, 0.3) is 0 Å². The number of unbranched alkanes of at least 4 members (excludes halogenated alkanes) is 1. The maximum atomic E-state index is 5.31. The first-order valence-corrected chi connectivity index (χ1v) is 7.85. The summed E-state index contributed by atoms with van der Waals surface area (Å²) in [5, 5.41) is 10.8. The Balaban J connectivity index is 2.21. The van der Waals surface area contributed by atoms with Crippen molar-refractivity contribution in [2.45, 2.75) is 40.2 Å². The standard InChI is InChI=1S/C15H29N5O/c1-4-16-15(17-8-6-7-11-21-5-2)18-9-10-20-13-14(3)12-19-20/h12-13H,4-11H2,1-3H3,(H2,16,17,18). The maximum Gasteiger partial charge on any atom is 0.191 e. The summed E-state index contributed by atoms with van der Waals surface area (Å²) in [4.78, 5) is 4.56. The zero-order valence-corrected chi connectivity index (χ0v) is 13.6. The van der Waals surface area contributed by atoms with E-state index in [4.69, 9.17) is 4.74 Å². The van der Waals surface area contributed by atoms with Crippen molar-refractivity contribution in [2.24, 2.45) is 4.99 Å². The van der Waals surface area contributed by atoms with Crippen molar-refractivity contribution in [1.29, 1.82) is 0 Å². The molecule has 6 nitrogen and oxygen atoms in total. The number of aliphatic imine (C=N–C) groups is 1. The number of hydrogen-bond donors (Lipinski definition) is 2. The second kappa shape index (κ2) is 11.1. The summed E-state index contributed by atoms with van der Waals surface area (Å²) < 4.78 is 7.25. The van der Waals surface area contributed by atoms with E-state index < -0.39 is 0 Å². The van der Waals surface area contributed by atoms with Gasteiger partial charge in [-0.3, -0.25) is 9.67 Å². The van der Waals surface area contributed by atoms with E-state index in [9.17, 15) is 0 Å². The van der Waals surface area contributed by atoms with Gasteiger partial charge in [0.15, 0.2) is 5.96 Å². The van der Waals surface area contributed by atoms with E-state index in [2.05, 4.69) is 27.6 Å². The molecule has 0 radical (unpaired) electrons. The molecule has 1 aromatic heterocycles. The van der Waals surface area contributed by atoms with Gasteiger partial charge in [0.2, 0.25) is 0 Å². The molecule has 1 heterocycles. The lowest BCUT2D eigenvalue weighted by Gasteiger charge is -2.11. The molecule has 0 aliphatic heterocycles. The predicted molar refractivity (Wildman–Crippen MR) is 86.7 cm³/mol. The molecule has 0 amide bonds. The van der Waals surface area contributed by atoms with Crippen molar-refractivity contribution in [3.05, 3.63) is 18.0 Å². The molecule has 1 rings (SSSR count). The molecule has 0 aliphatic rings. The Hall–Kier alpha value is -1.56. The first-order chi connectivity index (χ1) is 10.3. The summed E-state index contributed by atoms with van der Waals surface area (Å²) in [5.41, 5.74) is 1.19. The Morgan fingerprint density at radius 3 is 2.86 bits per heavy atom. The fourth-order valence-corrected chi connectivity index (χ4v) is 1.87. The molecule has 0 unspecified atom stereocenters. The van der Waals surface area contributed by atoms with Crippen LogP contribution in [-0.4, -0.2) is 48.6 Å². The predicted octanol–water partition coefficient (Wildman–Crippen LogP) is 1.56. The monoisotopic (exact) mass is 295 g/mol. The molecule has 120 valence electrons. The minimum absolute atomic E-state index is 0.792. The lowest BCUT2D eigenvalue weighted by Crippen LogP contribution is -2.39. The summed E-state index contributed by atoms with van der Waals surface area (Å²) in [6.07, 6.45) is 6.02. The summed E-state index contributed by atoms with van der Waals surface area (Å²) in [6, 6.07) is 0. The molecular formula is C15H29N5O. The van der Waals surface area contributed by atoms with E-state index in [-0.39, 0.29) is 0 Å². The summed E-state index contributed by atoms with van der Waals surface area (Å²) in [6.45, 7) is 11.1. The van der Waals surface area contributed by atoms with E-state index >= 15 is 0 Å². The van der Waals surface area contributed by atoms with Crippen molar-refractivity contribution in [1.82, 2.24) is 20.4 Å². The van der Waals surface area contributed by atoms with E-state index in [0.717, 1.165) is 58.2 Å². The largest absolute Gasteiger partial charge is 0.382 e. The number of nitrogens with one attached hydrogen (secondary N) is 2. The van der Waals surface area contributed by atoms with Gasteiger partial charge in [0.25, 0.3) is 0 Å². The third kappa shape index (κ3) is 8.34. The van der Waals surface area contributed by atoms with Crippen LogP contribution in [0.2, 0.25) is 0 Å². The summed E-state index contributed by atoms with van der Waals surface area (Å²) >= 11 is 0. The molecule has 0 fully saturated rings. The number of nitrogens with zero attached hydrogens (tertiary/aromatic N) is 3. The highest BCUT2D eigenvalue weighted by Gasteiger charge is 1.98. The van der Waals surface area contributed by atoms with E-state index in [1.165, 1.54) is 5.56 Å². The zero-order valence-electron chi connectivity index (χ0n) is 13.6. The lowest BCUT2D eigenvalue weighted by atomic mass is 10.3. The van der Waals surface area contributed by atoms with Gasteiger partial charge in [0.05, 0.1) is 12.7 Å². The first kappa shape index (κ1) is 17.5. The van der Waals surface area contributed by atoms with Crippen LogP contribution in [0, 0.1) is 6.92 Å². The molecular weight excluding hydrogens is 266 g/mol. The van der Waals surface area contributed by atoms with Gasteiger partial charge in [-0.05, 0) is 39.2 Å². The minimum Gasteiger partial charge on any atom is -0.382 e. The second-order valence-electron chi connectivity index (χ2n) is 4.87. The molecule has 0 saturated heterocycles. The molecule has 0 spiro atoms. The van der Waals surface area contributed by atoms with Crippen LogP contribution < -0.4 is 10.6 Å². The molecule has 21 heavy (non-hydrogen) atoms. The highest BCUT2D eigenvalue weighted by molar-refractivity contribution is 5.79. The Morgan fingerprint density at radius 2 is 2.19 bits per heavy atom. The molecule has 2 N–H and O–H groups in total. The molecule has 1 aromatic rings. The fourth-order valence-electron chi connectivity index (χ4n) is 1.87. The van der Waals surface area contributed by atoms with Gasteiger partial charge in [-0.15, -0.1) is 0 Å². The van der Waals surface area contributed by atoms with Gasteiger partial charge in [-0.1, -0.05) is 0 Å². The second-order valence-corrected chi connectivity index (χ2v) is 4.87. The fraction of sp³-hybridized carbons (Fsp3) is 0.733. The van der Waals surface area contributed by atoms with Crippen LogP contribution >= 0.6 is 0 Å². The minimum atomic E-state index is 0.792. The van der Waals surface area contributed by atoms with Crippen molar-refractivity contribution in [2.75, 3.05) is 32.8 Å². The number of ether oxygens (including phenoxy) is 1. The van der Waals surface area contributed by atoms with E-state index in [1.54, 1.807) is 0 Å². The molecule has 0 aromatic carbocycles. The lowest BCUT2D eigenvalue weighted by molar-refractivity contribution is 0.144. The molecule has 0 saturated carbocycles. The summed E-state index contributed by atoms with van der Waals surface area (Å²) in [7, 11) is 0. The number of aromatic nitrogens is 2. The van der Waals surface area contributed by atoms with Gasteiger partial charge >= 0.3 is 0 Å². The first-order valence-electron chi connectivity index (χ1n) is 7.85. The Labute approximate surface area is 128 Å². The summed E-state index contributed by atoms with van der Waals surface area (Å²) in [5.74, 6) is 0.873. The van der Waals surface area contributed by atoms with E-state index in [1.807, 2.05) is 30.9 Å². The van der Waals surface area contributed by atoms with Crippen LogP contribution in [0.5, 0.6) is 0 Å². The Bertz CT molecular complexity index is 403. The van der Waals surface area contributed by atoms with Crippen LogP contribution in [-0.2, 0) is 11.3 Å². The van der Waals surface area contributed by atoms with Crippen LogP contribution in [0.15, 0.2) is 17.4 Å². The quantitative estimate of drug-likeness (QED) is 0.391. The average Bonchev–Trinajstić information content (AvgIpc) is 2.88. The highest BCUT2D eigenvalue weighted by Crippen LogP contribution is 1.93. The van der Waals surface area contributed by atoms with Gasteiger partial charge in [0.1, 0.15) is 0 Å². The third-order valence-electron chi connectivity index (χ3n) is 2.91. The van der Waals surface area contributed by atoms with Gasteiger partial charge in [-0.25, -0.2) is 0 Å². The normalized spacial score (nSPS) is 11.7. The van der Waals surface area contributed by atoms with Gasteiger partial charge in [-0.2, -0.15) is 5.10 Å². The highest BCUT2D eigenvalue weighted by atomic mass is 16.5. The maximum absolute atomic E-state index is 5.31. The Kier molecular flexibility index (Phi) is 9.28. The van der Waals surface area contributed by atoms with Crippen molar-refractivity contribution >= 4 is 5.96 Å². The van der Waals surface area contributed by atoms with Crippen molar-refractivity contribution in [3.8, 4) is 0 Å². The smallest absolute Gasteiger partial charge is 0.191 e. The zero-order chi connectivity index (χ0) is 15.3. The third-order valence-corrected chi connectivity index (χ3v) is 2.91. The van der Waals surface area contributed by atoms with Crippen molar-refractivity contribution in [3.63, 3.8) is 0 Å².